The highest BCUT2D eigenvalue weighted by Gasteiger charge is 2.49. The van der Waals surface area contributed by atoms with Gasteiger partial charge in [-0.3, -0.25) is 18.9 Å². The fourth-order valence-corrected chi connectivity index (χ4v) is 5.61. The fraction of sp³-hybridized carbons (Fsp3) is 0.778. The molecule has 2 aliphatic heterocycles. The molecule has 3 rings (SSSR count). The molecule has 0 spiro atoms. The predicted molar refractivity (Wildman–Crippen MR) is 124 cm³/mol. The van der Waals surface area contributed by atoms with E-state index in [0.717, 1.165) is 16.8 Å². The summed E-state index contributed by atoms with van der Waals surface area (Å²) in [5.41, 5.74) is -1.70. The smallest absolute Gasteiger partial charge is 0.387 e. The minimum absolute atomic E-state index is 0.248. The van der Waals surface area contributed by atoms with E-state index in [0.29, 0.717) is 6.42 Å². The molecule has 0 saturated carbocycles. The molecule has 3 unspecified atom stereocenters. The van der Waals surface area contributed by atoms with Crippen molar-refractivity contribution in [1.82, 2.24) is 9.55 Å². The summed E-state index contributed by atoms with van der Waals surface area (Å²) in [6.45, 7) is 0.857. The highest BCUT2D eigenvalue weighted by atomic mass is 31.3. The van der Waals surface area contributed by atoms with E-state index in [1.807, 2.05) is 4.98 Å². The molecule has 2 saturated heterocycles. The second-order valence-corrected chi connectivity index (χ2v) is 11.5. The Balaban J connectivity index is 1.54. The van der Waals surface area contributed by atoms with Gasteiger partial charge >= 0.3 is 21.3 Å². The Morgan fingerprint density at radius 3 is 2.23 bits per heavy atom. The first-order chi connectivity index (χ1) is 18.7. The Kier molecular flexibility index (Phi) is 11.3. The van der Waals surface area contributed by atoms with Gasteiger partial charge in [-0.1, -0.05) is 6.92 Å². The van der Waals surface area contributed by atoms with Gasteiger partial charge in [0.15, 0.2) is 12.5 Å². The second kappa shape index (κ2) is 13.7. The SMILES string of the molecule is CCCOC[C@H]1OC(OP(=O)(O)OP(=O)(O)OOC[C@H]2O[C@H](n3ccc(=O)[nH]c3=O)[C@H](O)[C@@H]2O)[C@H](O)[C@@H](O)[C@H]1O. The van der Waals surface area contributed by atoms with Gasteiger partial charge in [-0.15, -0.1) is 4.67 Å². The molecule has 1 aromatic rings. The van der Waals surface area contributed by atoms with Gasteiger partial charge in [0.25, 0.3) is 5.56 Å². The zero-order valence-corrected chi connectivity index (χ0v) is 22.4. The van der Waals surface area contributed by atoms with Crippen LogP contribution in [0.25, 0.3) is 0 Å². The molecular formula is C18H30N2O18P2. The largest absolute Gasteiger partial charge is 0.508 e. The van der Waals surface area contributed by atoms with Crippen LogP contribution in [0.1, 0.15) is 19.6 Å². The number of hydrogen-bond acceptors (Lipinski definition) is 16. The molecule has 0 bridgehead atoms. The average Bonchev–Trinajstić information content (AvgIpc) is 3.13. The van der Waals surface area contributed by atoms with Gasteiger partial charge in [-0.2, -0.15) is 4.31 Å². The Morgan fingerprint density at radius 2 is 1.57 bits per heavy atom. The molecule has 1 aromatic heterocycles. The molecule has 8 N–H and O–H groups in total. The number of ether oxygens (including phenoxy) is 3. The molecule has 22 heteroatoms. The van der Waals surface area contributed by atoms with Crippen molar-refractivity contribution in [2.24, 2.45) is 0 Å². The number of aliphatic hydroxyl groups excluding tert-OH is 5. The van der Waals surface area contributed by atoms with Crippen molar-refractivity contribution in [1.29, 1.82) is 0 Å². The van der Waals surface area contributed by atoms with Crippen LogP contribution in [-0.2, 0) is 41.7 Å². The number of aliphatic hydroxyl groups is 5. The summed E-state index contributed by atoms with van der Waals surface area (Å²) in [4.78, 5) is 49.1. The number of aromatic amines is 1. The van der Waals surface area contributed by atoms with Gasteiger partial charge in [-0.25, -0.2) is 18.8 Å². The number of phosphoric acid groups is 2. The number of nitrogens with zero attached hydrogens (tertiary/aromatic N) is 1. The average molecular weight is 624 g/mol. The summed E-state index contributed by atoms with van der Waals surface area (Å²) in [6, 6.07) is 0.950. The summed E-state index contributed by atoms with van der Waals surface area (Å²) in [5, 5.41) is 50.3. The highest BCUT2D eigenvalue weighted by Crippen LogP contribution is 2.61. The van der Waals surface area contributed by atoms with Gasteiger partial charge in [-0.05, 0) is 6.42 Å². The molecular weight excluding hydrogens is 594 g/mol. The molecule has 2 aliphatic rings. The van der Waals surface area contributed by atoms with Crippen molar-refractivity contribution in [3.8, 4) is 0 Å². The Hall–Kier alpha value is -1.42. The maximum absolute atomic E-state index is 12.3. The lowest BCUT2D eigenvalue weighted by Crippen LogP contribution is -2.59. The van der Waals surface area contributed by atoms with Crippen LogP contribution < -0.4 is 11.2 Å². The molecule has 40 heavy (non-hydrogen) atoms. The van der Waals surface area contributed by atoms with Gasteiger partial charge < -0.3 is 49.5 Å². The maximum atomic E-state index is 12.3. The first-order valence-corrected chi connectivity index (χ1v) is 14.6. The van der Waals surface area contributed by atoms with E-state index >= 15 is 0 Å². The van der Waals surface area contributed by atoms with E-state index in [1.165, 1.54) is 0 Å². The van der Waals surface area contributed by atoms with E-state index in [1.54, 1.807) is 6.92 Å². The third-order valence-corrected chi connectivity index (χ3v) is 8.00. The van der Waals surface area contributed by atoms with Gasteiger partial charge in [0.2, 0.25) is 0 Å². The minimum atomic E-state index is -5.60. The second-order valence-electron chi connectivity index (χ2n) is 8.64. The summed E-state index contributed by atoms with van der Waals surface area (Å²) in [6.07, 6.45) is -13.9. The Morgan fingerprint density at radius 1 is 0.925 bits per heavy atom. The summed E-state index contributed by atoms with van der Waals surface area (Å²) in [5.74, 6) is 0. The normalized spacial score (nSPS) is 35.8. The molecule has 2 fully saturated rings. The zero-order valence-electron chi connectivity index (χ0n) is 20.6. The van der Waals surface area contributed by atoms with Crippen molar-refractivity contribution in [2.45, 2.75) is 68.6 Å². The Bertz CT molecular complexity index is 1190. The third-order valence-electron chi connectivity index (χ3n) is 5.58. The number of rotatable bonds is 13. The molecule has 0 aliphatic carbocycles. The fourth-order valence-electron chi connectivity index (χ4n) is 3.67. The van der Waals surface area contributed by atoms with Gasteiger partial charge in [0.1, 0.15) is 49.3 Å². The summed E-state index contributed by atoms with van der Waals surface area (Å²) in [7, 11) is -11.2. The minimum Gasteiger partial charge on any atom is -0.387 e. The number of phosphoric ester groups is 1. The van der Waals surface area contributed by atoms with Crippen molar-refractivity contribution in [2.75, 3.05) is 19.8 Å². The quantitative estimate of drug-likeness (QED) is 0.0458. The van der Waals surface area contributed by atoms with E-state index in [4.69, 9.17) is 14.2 Å². The molecule has 0 aromatic carbocycles. The third kappa shape index (κ3) is 8.33. The summed E-state index contributed by atoms with van der Waals surface area (Å²) < 4.78 is 53.5. The highest BCUT2D eigenvalue weighted by molar-refractivity contribution is 7.61. The van der Waals surface area contributed by atoms with Crippen LogP contribution in [0.4, 0.5) is 0 Å². The molecule has 3 heterocycles. The van der Waals surface area contributed by atoms with Crippen LogP contribution in [0.5, 0.6) is 0 Å². The summed E-state index contributed by atoms with van der Waals surface area (Å²) >= 11 is 0. The molecule has 230 valence electrons. The van der Waals surface area contributed by atoms with E-state index < -0.39 is 88.7 Å². The lowest BCUT2D eigenvalue weighted by atomic mass is 9.99. The monoisotopic (exact) mass is 624 g/mol. The van der Waals surface area contributed by atoms with Crippen molar-refractivity contribution < 1.29 is 77.1 Å². The van der Waals surface area contributed by atoms with Crippen LogP contribution in [0.2, 0.25) is 0 Å². The number of aromatic nitrogens is 2. The molecule has 0 amide bonds. The van der Waals surface area contributed by atoms with Crippen LogP contribution in [0.3, 0.4) is 0 Å². The standard InChI is InChI=1S/C18H30N2O18P2/c1-2-5-32-6-8-11(22)13(24)15(26)17(35-8)36-39(28,29)38-40(30,31)37-33-7-9-12(23)14(25)16(34-9)20-4-3-10(21)19-18(20)27/h3-4,8-9,11-17,22-26H,2,5-7H2,1H3,(H,28,29)(H,30,31)(H,19,21,27)/t8-,9-,11+,12-,13+,14-,15-,16+,17?/m1/s1. The molecule has 20 nitrogen and oxygen atoms in total. The first kappa shape index (κ1) is 33.1. The lowest BCUT2D eigenvalue weighted by Gasteiger charge is -2.40. The maximum Gasteiger partial charge on any atom is 0.508 e. The van der Waals surface area contributed by atoms with Crippen LogP contribution in [0.15, 0.2) is 21.9 Å². The van der Waals surface area contributed by atoms with Crippen molar-refractivity contribution in [3.63, 3.8) is 0 Å². The van der Waals surface area contributed by atoms with Crippen molar-refractivity contribution >= 4 is 15.6 Å². The molecule has 11 atom stereocenters. The van der Waals surface area contributed by atoms with Crippen LogP contribution in [0, 0.1) is 0 Å². The number of nitrogens with one attached hydrogen (secondary N) is 1. The first-order valence-electron chi connectivity index (χ1n) is 11.6. The van der Waals surface area contributed by atoms with E-state index in [9.17, 15) is 54.0 Å². The van der Waals surface area contributed by atoms with Gasteiger partial charge in [0, 0.05) is 18.9 Å². The predicted octanol–water partition coefficient (Wildman–Crippen LogP) is -3.43. The zero-order chi connectivity index (χ0) is 29.8. The topological polar surface area (TPSA) is 295 Å². The van der Waals surface area contributed by atoms with Gasteiger partial charge in [0.05, 0.1) is 6.61 Å². The number of H-pyrrole nitrogens is 1. The van der Waals surface area contributed by atoms with Crippen LogP contribution >= 0.6 is 15.6 Å². The van der Waals surface area contributed by atoms with E-state index in [-0.39, 0.29) is 13.2 Å². The number of hydrogen-bond donors (Lipinski definition) is 8. The molecule has 0 radical (unpaired) electrons. The lowest BCUT2D eigenvalue weighted by molar-refractivity contribution is -0.283. The Labute approximate surface area is 224 Å². The van der Waals surface area contributed by atoms with Crippen LogP contribution in [-0.4, -0.2) is 114 Å². The van der Waals surface area contributed by atoms with Crippen molar-refractivity contribution in [3.05, 3.63) is 33.1 Å². The van der Waals surface area contributed by atoms with E-state index in [2.05, 4.69) is 18.4 Å².